The van der Waals surface area contributed by atoms with Crippen LogP contribution in [0, 0.1) is 0 Å². The van der Waals surface area contributed by atoms with E-state index < -0.39 is 0 Å². The van der Waals surface area contributed by atoms with E-state index in [9.17, 15) is 0 Å². The quantitative estimate of drug-likeness (QED) is 0.252. The lowest BCUT2D eigenvalue weighted by Gasteiger charge is -2.16. The summed E-state index contributed by atoms with van der Waals surface area (Å²) in [5.74, 6) is 11.3. The van der Waals surface area contributed by atoms with Crippen LogP contribution in [0.5, 0.6) is 0 Å². The second-order valence-corrected chi connectivity index (χ2v) is 3.20. The Bertz CT molecular complexity index is 307. The average molecular weight is 244 g/mol. The van der Waals surface area contributed by atoms with Crippen molar-refractivity contribution in [3.05, 3.63) is 22.9 Å². The van der Waals surface area contributed by atoms with Crippen molar-refractivity contribution in [1.29, 1.82) is 0 Å². The maximum Gasteiger partial charge on any atom is 0.140 e. The second kappa shape index (κ2) is 4.20. The zero-order valence-corrected chi connectivity index (χ0v) is 8.69. The molecule has 4 N–H and O–H groups in total. The fourth-order valence-electron chi connectivity index (χ4n) is 0.760. The molecule has 0 saturated carbocycles. The van der Waals surface area contributed by atoms with Crippen LogP contribution in [-0.4, -0.2) is 10.8 Å². The van der Waals surface area contributed by atoms with Crippen molar-refractivity contribution in [2.75, 3.05) is 5.01 Å². The number of hydrazone groups is 1. The first-order valence-corrected chi connectivity index (χ1v) is 4.35. The Morgan fingerprint density at radius 1 is 1.62 bits per heavy atom. The molecule has 0 aromatic carbocycles. The number of rotatable bonds is 1. The molecule has 0 aliphatic heterocycles. The van der Waals surface area contributed by atoms with Crippen LogP contribution < -0.4 is 16.7 Å². The van der Waals surface area contributed by atoms with Crippen molar-refractivity contribution in [3.8, 4) is 0 Å². The van der Waals surface area contributed by atoms with Gasteiger partial charge in [-0.05, 0) is 35.0 Å². The summed E-state index contributed by atoms with van der Waals surface area (Å²) < 4.78 is 0.756. The molecule has 1 aromatic rings. The summed E-state index contributed by atoms with van der Waals surface area (Å²) in [5, 5.41) is 4.83. The number of anilines is 1. The van der Waals surface area contributed by atoms with Crippen LogP contribution in [-0.2, 0) is 0 Å². The van der Waals surface area contributed by atoms with Crippen LogP contribution in [0.3, 0.4) is 0 Å². The largest absolute Gasteiger partial charge is 0.322 e. The fourth-order valence-corrected chi connectivity index (χ4v) is 0.994. The van der Waals surface area contributed by atoms with E-state index in [4.69, 9.17) is 11.7 Å². The smallest absolute Gasteiger partial charge is 0.140 e. The van der Waals surface area contributed by atoms with Gasteiger partial charge in [-0.1, -0.05) is 0 Å². The zero-order chi connectivity index (χ0) is 9.84. The van der Waals surface area contributed by atoms with Gasteiger partial charge >= 0.3 is 0 Å². The summed E-state index contributed by atoms with van der Waals surface area (Å²) in [6.45, 7) is 1.71. The molecular formula is C7H10BrN5. The molecule has 0 bridgehead atoms. The minimum atomic E-state index is 0.518. The monoisotopic (exact) mass is 243 g/mol. The minimum absolute atomic E-state index is 0.518. The predicted molar refractivity (Wildman–Crippen MR) is 55.9 cm³/mol. The molecule has 1 aromatic heterocycles. The third-order valence-corrected chi connectivity index (χ3v) is 1.99. The van der Waals surface area contributed by atoms with Gasteiger partial charge in [0.05, 0.1) is 11.9 Å². The van der Waals surface area contributed by atoms with Crippen molar-refractivity contribution in [1.82, 2.24) is 4.98 Å². The summed E-state index contributed by atoms with van der Waals surface area (Å²) in [7, 11) is 0. The van der Waals surface area contributed by atoms with Crippen LogP contribution >= 0.6 is 15.9 Å². The Balaban J connectivity index is 2.89. The molecule has 0 amide bonds. The normalized spacial score (nSPS) is 11.5. The maximum atomic E-state index is 5.67. The van der Waals surface area contributed by atoms with Crippen LogP contribution in [0.2, 0.25) is 0 Å². The Morgan fingerprint density at radius 3 is 2.77 bits per heavy atom. The van der Waals surface area contributed by atoms with Crippen molar-refractivity contribution in [3.63, 3.8) is 0 Å². The number of amidine groups is 1. The van der Waals surface area contributed by atoms with Gasteiger partial charge in [0, 0.05) is 0 Å². The number of pyridine rings is 1. The highest BCUT2D eigenvalue weighted by Crippen LogP contribution is 2.12. The van der Waals surface area contributed by atoms with Gasteiger partial charge in [-0.3, -0.25) is 5.01 Å². The van der Waals surface area contributed by atoms with E-state index in [0.29, 0.717) is 5.84 Å². The van der Waals surface area contributed by atoms with Crippen LogP contribution in [0.25, 0.3) is 0 Å². The molecular weight excluding hydrogens is 234 g/mol. The van der Waals surface area contributed by atoms with Crippen LogP contribution in [0.1, 0.15) is 6.92 Å². The Labute approximate surface area is 84.5 Å². The minimum Gasteiger partial charge on any atom is -0.322 e. The lowest BCUT2D eigenvalue weighted by atomic mass is 10.4. The van der Waals surface area contributed by atoms with Gasteiger partial charge < -0.3 is 5.84 Å². The average Bonchev–Trinajstić information content (AvgIpc) is 2.17. The number of hydrogen-bond acceptors (Lipinski definition) is 4. The molecule has 5 nitrogen and oxygen atoms in total. The second-order valence-electron chi connectivity index (χ2n) is 2.39. The first kappa shape index (κ1) is 9.94. The summed E-state index contributed by atoms with van der Waals surface area (Å²) >= 11 is 3.22. The molecule has 6 heteroatoms. The maximum absolute atomic E-state index is 5.67. The van der Waals surface area contributed by atoms with Gasteiger partial charge in [0.1, 0.15) is 10.4 Å². The molecule has 13 heavy (non-hydrogen) atoms. The summed E-state index contributed by atoms with van der Waals surface area (Å²) in [5.41, 5.74) is 0.731. The van der Waals surface area contributed by atoms with Crippen molar-refractivity contribution < 1.29 is 0 Å². The number of halogens is 1. The number of aromatic nitrogens is 1. The molecule has 0 aliphatic rings. The van der Waals surface area contributed by atoms with Gasteiger partial charge in [-0.15, -0.1) is 0 Å². The molecule has 0 atom stereocenters. The van der Waals surface area contributed by atoms with Gasteiger partial charge in [0.15, 0.2) is 0 Å². The SMILES string of the molecule is C/C(=N/N)N(N)c1ccc(Br)nc1. The summed E-state index contributed by atoms with van der Waals surface area (Å²) in [6, 6.07) is 3.60. The molecule has 0 radical (unpaired) electrons. The standard InChI is InChI=1S/C7H10BrN5/c1-5(12-9)13(10)6-2-3-7(8)11-4-6/h2-4H,9-10H2,1H3/b12-5-. The fraction of sp³-hybridized carbons (Fsp3) is 0.143. The Morgan fingerprint density at radius 2 is 2.31 bits per heavy atom. The van der Waals surface area contributed by atoms with Gasteiger partial charge in [0.25, 0.3) is 0 Å². The molecule has 1 rings (SSSR count). The van der Waals surface area contributed by atoms with Crippen LogP contribution in [0.15, 0.2) is 28.0 Å². The number of nitrogens with zero attached hydrogens (tertiary/aromatic N) is 3. The van der Waals surface area contributed by atoms with E-state index in [1.807, 2.05) is 6.07 Å². The predicted octanol–water partition coefficient (Wildman–Crippen LogP) is 0.816. The van der Waals surface area contributed by atoms with E-state index in [1.54, 1.807) is 19.2 Å². The first-order chi connectivity index (χ1) is 6.15. The number of hydrazine groups is 1. The van der Waals surface area contributed by atoms with E-state index in [1.165, 1.54) is 5.01 Å². The Kier molecular flexibility index (Phi) is 3.21. The first-order valence-electron chi connectivity index (χ1n) is 3.56. The van der Waals surface area contributed by atoms with E-state index >= 15 is 0 Å². The third kappa shape index (κ3) is 2.40. The highest BCUT2D eigenvalue weighted by Gasteiger charge is 2.04. The molecule has 0 aliphatic carbocycles. The summed E-state index contributed by atoms with van der Waals surface area (Å²) in [6.07, 6.45) is 1.62. The molecule has 0 spiro atoms. The highest BCUT2D eigenvalue weighted by molar-refractivity contribution is 9.10. The highest BCUT2D eigenvalue weighted by atomic mass is 79.9. The van der Waals surface area contributed by atoms with Gasteiger partial charge in [-0.25, -0.2) is 10.8 Å². The topological polar surface area (TPSA) is 80.5 Å². The summed E-state index contributed by atoms with van der Waals surface area (Å²) in [4.78, 5) is 4.02. The van der Waals surface area contributed by atoms with Crippen molar-refractivity contribution in [2.45, 2.75) is 6.92 Å². The van der Waals surface area contributed by atoms with Crippen molar-refractivity contribution >= 4 is 27.5 Å². The van der Waals surface area contributed by atoms with E-state index in [-0.39, 0.29) is 0 Å². The molecule has 0 fully saturated rings. The zero-order valence-electron chi connectivity index (χ0n) is 7.11. The van der Waals surface area contributed by atoms with Crippen LogP contribution in [0.4, 0.5) is 5.69 Å². The Hall–Kier alpha value is -1.14. The number of nitrogens with two attached hydrogens (primary N) is 2. The lowest BCUT2D eigenvalue weighted by molar-refractivity contribution is 1.07. The van der Waals surface area contributed by atoms with E-state index in [2.05, 4.69) is 26.0 Å². The molecule has 0 saturated heterocycles. The number of hydrogen-bond donors (Lipinski definition) is 2. The van der Waals surface area contributed by atoms with Gasteiger partial charge in [-0.2, -0.15) is 5.10 Å². The van der Waals surface area contributed by atoms with Gasteiger partial charge in [0.2, 0.25) is 0 Å². The molecule has 1 heterocycles. The molecule has 0 unspecified atom stereocenters. The van der Waals surface area contributed by atoms with Crippen molar-refractivity contribution in [2.24, 2.45) is 16.8 Å². The molecule has 70 valence electrons. The lowest BCUT2D eigenvalue weighted by Crippen LogP contribution is -2.36. The third-order valence-electron chi connectivity index (χ3n) is 1.53. The van der Waals surface area contributed by atoms with E-state index in [0.717, 1.165) is 10.3 Å².